The second kappa shape index (κ2) is 10.9. The van der Waals surface area contributed by atoms with Crippen molar-refractivity contribution in [2.24, 2.45) is 5.10 Å². The van der Waals surface area contributed by atoms with Crippen molar-refractivity contribution in [3.8, 4) is 11.5 Å². The quantitative estimate of drug-likeness (QED) is 0.192. The smallest absolute Gasteiger partial charge is 0.343 e. The van der Waals surface area contributed by atoms with E-state index in [4.69, 9.17) is 32.7 Å². The SMILES string of the molecule is O=C(COc1cccc(Cl)c1Cl)N/N=C/c1ccc(OC(=O)c2cccc(Br)c2)cc1. The van der Waals surface area contributed by atoms with Crippen LogP contribution in [0.1, 0.15) is 15.9 Å². The lowest BCUT2D eigenvalue weighted by molar-refractivity contribution is -0.123. The third-order valence-electron chi connectivity index (χ3n) is 3.83. The molecule has 0 aliphatic rings. The van der Waals surface area contributed by atoms with Gasteiger partial charge >= 0.3 is 5.97 Å². The number of hydrazone groups is 1. The Hall–Kier alpha value is -2.87. The summed E-state index contributed by atoms with van der Waals surface area (Å²) in [4.78, 5) is 24.0. The Labute approximate surface area is 196 Å². The third-order valence-corrected chi connectivity index (χ3v) is 5.12. The monoisotopic (exact) mass is 520 g/mol. The van der Waals surface area contributed by atoms with Gasteiger partial charge in [-0.2, -0.15) is 5.10 Å². The zero-order valence-corrected chi connectivity index (χ0v) is 18.9. The summed E-state index contributed by atoms with van der Waals surface area (Å²) in [6, 6.07) is 18.5. The molecule has 3 aromatic rings. The number of hydrogen-bond donors (Lipinski definition) is 1. The van der Waals surface area contributed by atoms with Crippen LogP contribution in [0, 0.1) is 0 Å². The molecule has 31 heavy (non-hydrogen) atoms. The summed E-state index contributed by atoms with van der Waals surface area (Å²) in [5.74, 6) is -0.235. The van der Waals surface area contributed by atoms with Gasteiger partial charge in [-0.05, 0) is 60.2 Å². The molecule has 9 heteroatoms. The molecular formula is C22H15BrCl2N2O4. The number of hydrogen-bond acceptors (Lipinski definition) is 5. The second-order valence-corrected chi connectivity index (χ2v) is 7.80. The van der Waals surface area contributed by atoms with Crippen molar-refractivity contribution in [1.29, 1.82) is 0 Å². The summed E-state index contributed by atoms with van der Waals surface area (Å²) >= 11 is 15.2. The van der Waals surface area contributed by atoms with Gasteiger partial charge in [-0.1, -0.05) is 51.3 Å². The van der Waals surface area contributed by atoms with Crippen molar-refractivity contribution < 1.29 is 19.1 Å². The van der Waals surface area contributed by atoms with Crippen molar-refractivity contribution in [3.05, 3.63) is 92.4 Å². The highest BCUT2D eigenvalue weighted by Gasteiger charge is 2.09. The molecule has 0 saturated carbocycles. The molecule has 0 spiro atoms. The van der Waals surface area contributed by atoms with Crippen molar-refractivity contribution in [2.45, 2.75) is 0 Å². The van der Waals surface area contributed by atoms with E-state index in [1.165, 1.54) is 6.21 Å². The number of nitrogens with one attached hydrogen (secondary N) is 1. The Morgan fingerprint density at radius 3 is 2.52 bits per heavy atom. The van der Waals surface area contributed by atoms with Crippen LogP contribution in [0.3, 0.4) is 0 Å². The molecule has 1 N–H and O–H groups in total. The Bertz CT molecular complexity index is 1120. The minimum Gasteiger partial charge on any atom is -0.482 e. The maximum absolute atomic E-state index is 12.2. The van der Waals surface area contributed by atoms with Gasteiger partial charge in [0.05, 0.1) is 16.8 Å². The molecule has 0 atom stereocenters. The van der Waals surface area contributed by atoms with Crippen LogP contribution in [0.15, 0.2) is 76.3 Å². The predicted molar refractivity (Wildman–Crippen MR) is 123 cm³/mol. The van der Waals surface area contributed by atoms with Gasteiger partial charge in [-0.3, -0.25) is 4.79 Å². The van der Waals surface area contributed by atoms with Gasteiger partial charge in [0, 0.05) is 4.47 Å². The van der Waals surface area contributed by atoms with E-state index in [0.29, 0.717) is 27.6 Å². The first-order valence-electron chi connectivity index (χ1n) is 8.89. The van der Waals surface area contributed by atoms with Crippen molar-refractivity contribution >= 4 is 57.2 Å². The number of nitrogens with zero attached hydrogens (tertiary/aromatic N) is 1. The van der Waals surface area contributed by atoms with Gasteiger partial charge in [-0.25, -0.2) is 10.2 Å². The fourth-order valence-corrected chi connectivity index (χ4v) is 3.10. The van der Waals surface area contributed by atoms with E-state index in [0.717, 1.165) is 4.47 Å². The van der Waals surface area contributed by atoms with Crippen LogP contribution in [0.2, 0.25) is 10.0 Å². The largest absolute Gasteiger partial charge is 0.482 e. The highest BCUT2D eigenvalue weighted by molar-refractivity contribution is 9.10. The molecule has 0 aromatic heterocycles. The summed E-state index contributed by atoms with van der Waals surface area (Å²) in [5.41, 5.74) is 3.48. The summed E-state index contributed by atoms with van der Waals surface area (Å²) in [5, 5.41) is 4.44. The molecular weight excluding hydrogens is 507 g/mol. The molecule has 0 aliphatic heterocycles. The Morgan fingerprint density at radius 2 is 1.77 bits per heavy atom. The Kier molecular flexibility index (Phi) is 8.06. The highest BCUT2D eigenvalue weighted by Crippen LogP contribution is 2.31. The summed E-state index contributed by atoms with van der Waals surface area (Å²) in [6.45, 7) is -0.276. The topological polar surface area (TPSA) is 77.0 Å². The van der Waals surface area contributed by atoms with Crippen LogP contribution >= 0.6 is 39.1 Å². The van der Waals surface area contributed by atoms with E-state index < -0.39 is 11.9 Å². The summed E-state index contributed by atoms with van der Waals surface area (Å²) in [7, 11) is 0. The van der Waals surface area contributed by atoms with Crippen LogP contribution < -0.4 is 14.9 Å². The number of esters is 1. The van der Waals surface area contributed by atoms with Crippen LogP contribution in [0.5, 0.6) is 11.5 Å². The van der Waals surface area contributed by atoms with E-state index in [1.807, 2.05) is 6.07 Å². The number of carbonyl (C=O) groups excluding carboxylic acids is 2. The first kappa shape index (κ1) is 22.8. The van der Waals surface area contributed by atoms with Gasteiger partial charge in [0.1, 0.15) is 16.5 Å². The number of ether oxygens (including phenoxy) is 2. The third kappa shape index (κ3) is 6.82. The zero-order valence-electron chi connectivity index (χ0n) is 15.8. The minimum atomic E-state index is -0.466. The molecule has 0 bridgehead atoms. The Morgan fingerprint density at radius 1 is 1.03 bits per heavy atom. The molecule has 0 heterocycles. The molecule has 0 saturated heterocycles. The number of benzene rings is 3. The number of amides is 1. The average molecular weight is 522 g/mol. The molecule has 0 unspecified atom stereocenters. The maximum Gasteiger partial charge on any atom is 0.343 e. The fourth-order valence-electron chi connectivity index (χ4n) is 2.35. The van der Waals surface area contributed by atoms with Gasteiger partial charge in [0.2, 0.25) is 0 Å². The van der Waals surface area contributed by atoms with Crippen LogP contribution in [-0.4, -0.2) is 24.7 Å². The second-order valence-electron chi connectivity index (χ2n) is 6.10. The van der Waals surface area contributed by atoms with E-state index in [-0.39, 0.29) is 11.6 Å². The van der Waals surface area contributed by atoms with Gasteiger partial charge < -0.3 is 9.47 Å². The lowest BCUT2D eigenvalue weighted by Crippen LogP contribution is -2.24. The molecule has 1 amide bonds. The summed E-state index contributed by atoms with van der Waals surface area (Å²) in [6.07, 6.45) is 1.45. The lowest BCUT2D eigenvalue weighted by atomic mass is 10.2. The lowest BCUT2D eigenvalue weighted by Gasteiger charge is -2.07. The molecule has 3 aromatic carbocycles. The average Bonchev–Trinajstić information content (AvgIpc) is 2.76. The molecule has 0 fully saturated rings. The van der Waals surface area contributed by atoms with Gasteiger partial charge in [0.25, 0.3) is 5.91 Å². The first-order valence-corrected chi connectivity index (χ1v) is 10.4. The van der Waals surface area contributed by atoms with E-state index in [9.17, 15) is 9.59 Å². The van der Waals surface area contributed by atoms with E-state index >= 15 is 0 Å². The molecule has 3 rings (SSSR count). The standard InChI is InChI=1S/C22H15BrCl2N2O4/c23-16-4-1-3-15(11-16)22(29)31-17-9-7-14(8-10-17)12-26-27-20(28)13-30-19-6-2-5-18(24)21(19)25/h1-12H,13H2,(H,27,28)/b26-12+. The van der Waals surface area contributed by atoms with E-state index in [2.05, 4.69) is 26.5 Å². The maximum atomic E-state index is 12.2. The number of halogens is 3. The predicted octanol–water partition coefficient (Wildman–Crippen LogP) is 5.50. The Balaban J connectivity index is 1.48. The van der Waals surface area contributed by atoms with Crippen LogP contribution in [0.25, 0.3) is 0 Å². The van der Waals surface area contributed by atoms with Crippen molar-refractivity contribution in [2.75, 3.05) is 6.61 Å². The number of rotatable bonds is 7. The molecule has 6 nitrogen and oxygen atoms in total. The molecule has 0 radical (unpaired) electrons. The van der Waals surface area contributed by atoms with E-state index in [1.54, 1.807) is 60.7 Å². The van der Waals surface area contributed by atoms with Crippen molar-refractivity contribution in [3.63, 3.8) is 0 Å². The number of carbonyl (C=O) groups is 2. The first-order chi connectivity index (χ1) is 14.9. The molecule has 0 aliphatic carbocycles. The zero-order chi connectivity index (χ0) is 22.2. The van der Waals surface area contributed by atoms with Crippen molar-refractivity contribution in [1.82, 2.24) is 5.43 Å². The minimum absolute atomic E-state index is 0.237. The van der Waals surface area contributed by atoms with Gasteiger partial charge in [0.15, 0.2) is 6.61 Å². The van der Waals surface area contributed by atoms with Crippen LogP contribution in [0.4, 0.5) is 0 Å². The molecule has 158 valence electrons. The fraction of sp³-hybridized carbons (Fsp3) is 0.0455. The summed E-state index contributed by atoms with van der Waals surface area (Å²) < 4.78 is 11.4. The van der Waals surface area contributed by atoms with Gasteiger partial charge in [-0.15, -0.1) is 0 Å². The highest BCUT2D eigenvalue weighted by atomic mass is 79.9. The normalized spacial score (nSPS) is 10.7. The van der Waals surface area contributed by atoms with Crippen LogP contribution in [-0.2, 0) is 4.79 Å².